The maximum atomic E-state index is 10.9. The molecule has 0 fully saturated rings. The van der Waals surface area contributed by atoms with Gasteiger partial charge in [-0.3, -0.25) is 10.1 Å². The van der Waals surface area contributed by atoms with Gasteiger partial charge in [0.1, 0.15) is 0 Å². The Balaban J connectivity index is 3.19. The van der Waals surface area contributed by atoms with Crippen molar-refractivity contribution < 1.29 is 4.92 Å². The summed E-state index contributed by atoms with van der Waals surface area (Å²) < 4.78 is 0. The molecule has 0 amide bonds. The number of benzene rings is 1. The first kappa shape index (κ1) is 12.6. The quantitative estimate of drug-likeness (QED) is 0.629. The van der Waals surface area contributed by atoms with Gasteiger partial charge in [-0.05, 0) is 27.0 Å². The molecule has 0 aromatic heterocycles. The van der Waals surface area contributed by atoms with Crippen LogP contribution in [-0.2, 0) is 0 Å². The van der Waals surface area contributed by atoms with Crippen molar-refractivity contribution in [2.24, 2.45) is 0 Å². The summed E-state index contributed by atoms with van der Waals surface area (Å²) in [6.45, 7) is 5.98. The van der Waals surface area contributed by atoms with E-state index >= 15 is 0 Å². The Morgan fingerprint density at radius 2 is 2.00 bits per heavy atom. The maximum Gasteiger partial charge on any atom is 0.272 e. The van der Waals surface area contributed by atoms with E-state index in [0.717, 1.165) is 11.1 Å². The van der Waals surface area contributed by atoms with Gasteiger partial charge in [0.05, 0.1) is 4.92 Å². The number of nitro benzene ring substituents is 1. The van der Waals surface area contributed by atoms with Crippen molar-refractivity contribution in [3.8, 4) is 0 Å². The number of hydrogen-bond acceptors (Lipinski definition) is 3. The van der Waals surface area contributed by atoms with Crippen LogP contribution in [0.5, 0.6) is 0 Å². The molecule has 0 bridgehead atoms. The molecule has 2 unspecified atom stereocenters. The highest BCUT2D eigenvalue weighted by atomic mass is 16.6. The average Bonchev–Trinajstić information content (AvgIpc) is 2.26. The van der Waals surface area contributed by atoms with Crippen molar-refractivity contribution in [1.82, 2.24) is 5.32 Å². The lowest BCUT2D eigenvalue weighted by Gasteiger charge is -2.19. The third-order valence-electron chi connectivity index (χ3n) is 3.08. The van der Waals surface area contributed by atoms with Crippen molar-refractivity contribution in [1.29, 1.82) is 0 Å². The zero-order valence-corrected chi connectivity index (χ0v) is 10.2. The number of hydrogen-bond donors (Lipinski definition) is 1. The van der Waals surface area contributed by atoms with E-state index in [-0.39, 0.29) is 22.6 Å². The fraction of sp³-hybridized carbons (Fsp3) is 0.500. The van der Waals surface area contributed by atoms with E-state index in [4.69, 9.17) is 0 Å². The van der Waals surface area contributed by atoms with Crippen molar-refractivity contribution in [2.75, 3.05) is 7.05 Å². The fourth-order valence-corrected chi connectivity index (χ4v) is 1.72. The first-order valence-electron chi connectivity index (χ1n) is 5.39. The van der Waals surface area contributed by atoms with Gasteiger partial charge in [0.15, 0.2) is 0 Å². The Bertz CT molecular complexity index is 391. The lowest BCUT2D eigenvalue weighted by atomic mass is 9.92. The molecule has 0 saturated heterocycles. The molecule has 0 aliphatic heterocycles. The van der Waals surface area contributed by atoms with Crippen LogP contribution in [0.3, 0.4) is 0 Å². The van der Waals surface area contributed by atoms with Gasteiger partial charge >= 0.3 is 0 Å². The minimum Gasteiger partial charge on any atom is -0.317 e. The minimum atomic E-state index is -0.312. The highest BCUT2D eigenvalue weighted by molar-refractivity contribution is 5.45. The van der Waals surface area contributed by atoms with Crippen LogP contribution in [0.25, 0.3) is 0 Å². The van der Waals surface area contributed by atoms with Gasteiger partial charge in [-0.25, -0.2) is 0 Å². The highest BCUT2D eigenvalue weighted by Crippen LogP contribution is 2.29. The lowest BCUT2D eigenvalue weighted by molar-refractivity contribution is -0.385. The third kappa shape index (κ3) is 2.58. The molecule has 88 valence electrons. The number of nitrogens with one attached hydrogen (secondary N) is 1. The van der Waals surface area contributed by atoms with Crippen molar-refractivity contribution in [2.45, 2.75) is 32.7 Å². The molecule has 1 aromatic carbocycles. The largest absolute Gasteiger partial charge is 0.317 e. The average molecular weight is 222 g/mol. The highest BCUT2D eigenvalue weighted by Gasteiger charge is 2.22. The van der Waals surface area contributed by atoms with E-state index in [1.165, 1.54) is 0 Å². The topological polar surface area (TPSA) is 55.2 Å². The lowest BCUT2D eigenvalue weighted by Crippen LogP contribution is -2.27. The van der Waals surface area contributed by atoms with Crippen LogP contribution in [0.1, 0.15) is 30.9 Å². The fourth-order valence-electron chi connectivity index (χ4n) is 1.72. The second kappa shape index (κ2) is 5.07. The van der Waals surface area contributed by atoms with E-state index < -0.39 is 0 Å². The molecule has 0 aliphatic rings. The smallest absolute Gasteiger partial charge is 0.272 e. The molecule has 4 nitrogen and oxygen atoms in total. The van der Waals surface area contributed by atoms with Crippen LogP contribution in [0, 0.1) is 17.0 Å². The summed E-state index contributed by atoms with van der Waals surface area (Å²) >= 11 is 0. The summed E-state index contributed by atoms with van der Waals surface area (Å²) in [4.78, 5) is 10.6. The second-order valence-corrected chi connectivity index (χ2v) is 4.19. The van der Waals surface area contributed by atoms with Crippen LogP contribution >= 0.6 is 0 Å². The summed E-state index contributed by atoms with van der Waals surface area (Å²) in [5.74, 6) is 0.116. The summed E-state index contributed by atoms with van der Waals surface area (Å²) in [5.41, 5.74) is 2.06. The Morgan fingerprint density at radius 1 is 1.38 bits per heavy atom. The predicted molar refractivity (Wildman–Crippen MR) is 64.8 cm³/mol. The molecule has 1 aromatic rings. The van der Waals surface area contributed by atoms with Crippen LogP contribution in [0.15, 0.2) is 18.2 Å². The Kier molecular flexibility index (Phi) is 4.01. The van der Waals surface area contributed by atoms with Crippen molar-refractivity contribution in [3.05, 3.63) is 39.4 Å². The van der Waals surface area contributed by atoms with Gasteiger partial charge in [-0.1, -0.05) is 18.6 Å². The van der Waals surface area contributed by atoms with E-state index in [1.54, 1.807) is 12.1 Å². The van der Waals surface area contributed by atoms with E-state index in [1.807, 2.05) is 33.9 Å². The summed E-state index contributed by atoms with van der Waals surface area (Å²) in [6, 6.07) is 5.47. The minimum absolute atomic E-state index is 0.116. The molecule has 2 atom stereocenters. The van der Waals surface area contributed by atoms with Gasteiger partial charge in [-0.2, -0.15) is 0 Å². The zero-order chi connectivity index (χ0) is 12.3. The molecule has 16 heavy (non-hydrogen) atoms. The van der Waals surface area contributed by atoms with Crippen LogP contribution in [-0.4, -0.2) is 18.0 Å². The van der Waals surface area contributed by atoms with Gasteiger partial charge in [-0.15, -0.1) is 0 Å². The molecule has 0 spiro atoms. The molecule has 4 heteroatoms. The number of rotatable bonds is 4. The number of nitrogens with zero attached hydrogens (tertiary/aromatic N) is 1. The monoisotopic (exact) mass is 222 g/mol. The standard InChI is InChI=1S/C12H18N2O2/c1-8-5-6-12(14(15)16)11(7-8)9(2)10(3)13-4/h5-7,9-10,13H,1-4H3. The van der Waals surface area contributed by atoms with Gasteiger partial charge in [0, 0.05) is 23.6 Å². The summed E-state index contributed by atoms with van der Waals surface area (Å²) in [7, 11) is 1.86. The second-order valence-electron chi connectivity index (χ2n) is 4.19. The number of nitro groups is 1. The molecule has 0 aliphatic carbocycles. The normalized spacial score (nSPS) is 14.5. The molecule has 0 saturated carbocycles. The molecule has 0 radical (unpaired) electrons. The third-order valence-corrected chi connectivity index (χ3v) is 3.08. The van der Waals surface area contributed by atoms with E-state index in [9.17, 15) is 10.1 Å². The summed E-state index contributed by atoms with van der Waals surface area (Å²) in [5, 5.41) is 14.1. The Hall–Kier alpha value is -1.42. The Labute approximate surface area is 95.8 Å². The zero-order valence-electron chi connectivity index (χ0n) is 10.2. The molecule has 0 heterocycles. The molecule has 1 rings (SSSR count). The van der Waals surface area contributed by atoms with Gasteiger partial charge < -0.3 is 5.32 Å². The van der Waals surface area contributed by atoms with Gasteiger partial charge in [0.25, 0.3) is 5.69 Å². The first-order valence-corrected chi connectivity index (χ1v) is 5.39. The van der Waals surface area contributed by atoms with E-state index in [2.05, 4.69) is 5.32 Å². The van der Waals surface area contributed by atoms with Crippen molar-refractivity contribution >= 4 is 5.69 Å². The predicted octanol–water partition coefficient (Wildman–Crippen LogP) is 2.61. The molecular weight excluding hydrogens is 204 g/mol. The Morgan fingerprint density at radius 3 is 2.50 bits per heavy atom. The SMILES string of the molecule is CNC(C)C(C)c1cc(C)ccc1[N+](=O)[O-]. The summed E-state index contributed by atoms with van der Waals surface area (Å²) in [6.07, 6.45) is 0. The van der Waals surface area contributed by atoms with Crippen LogP contribution < -0.4 is 5.32 Å². The first-order chi connectivity index (χ1) is 7.47. The van der Waals surface area contributed by atoms with Crippen LogP contribution in [0.2, 0.25) is 0 Å². The van der Waals surface area contributed by atoms with E-state index in [0.29, 0.717) is 0 Å². The maximum absolute atomic E-state index is 10.9. The van der Waals surface area contributed by atoms with Crippen molar-refractivity contribution in [3.63, 3.8) is 0 Å². The number of aryl methyl sites for hydroxylation is 1. The van der Waals surface area contributed by atoms with Crippen LogP contribution in [0.4, 0.5) is 5.69 Å². The van der Waals surface area contributed by atoms with Gasteiger partial charge in [0.2, 0.25) is 0 Å². The number of likely N-dealkylation sites (N-methyl/N-ethyl adjacent to an activating group) is 1. The molecular formula is C12H18N2O2. The molecule has 1 N–H and O–H groups in total.